The van der Waals surface area contributed by atoms with Crippen molar-refractivity contribution < 1.29 is 14.3 Å². The molecule has 0 aliphatic heterocycles. The molecule has 0 unspecified atom stereocenters. The number of nitrogens with one attached hydrogen (secondary N) is 2. The van der Waals surface area contributed by atoms with E-state index in [1.165, 1.54) is 10.5 Å². The zero-order valence-electron chi connectivity index (χ0n) is 18.7. The normalized spacial score (nSPS) is 10.6. The van der Waals surface area contributed by atoms with Gasteiger partial charge in [0.15, 0.2) is 12.6 Å². The van der Waals surface area contributed by atoms with Gasteiger partial charge < -0.3 is 25.0 Å². The van der Waals surface area contributed by atoms with Crippen LogP contribution in [0.4, 0.5) is 0 Å². The molecule has 31 heavy (non-hydrogen) atoms. The fourth-order valence-corrected chi connectivity index (χ4v) is 2.49. The number of aliphatic imine (C=N–C) groups is 1. The van der Waals surface area contributed by atoms with Gasteiger partial charge >= 0.3 is 0 Å². The van der Waals surface area contributed by atoms with E-state index in [9.17, 15) is 4.79 Å². The van der Waals surface area contributed by atoms with Crippen molar-refractivity contribution in [2.75, 3.05) is 40.4 Å². The molecule has 0 aliphatic rings. The Morgan fingerprint density at radius 2 is 1.77 bits per heavy atom. The molecule has 2 aromatic rings. The largest absolute Gasteiger partial charge is 0.492 e. The average Bonchev–Trinajstić information content (AvgIpc) is 2.74. The second-order valence-electron chi connectivity index (χ2n) is 7.01. The molecular formula is C23H33IN4O3. The Morgan fingerprint density at radius 3 is 2.45 bits per heavy atom. The van der Waals surface area contributed by atoms with Crippen LogP contribution >= 0.6 is 24.0 Å². The third-order valence-corrected chi connectivity index (χ3v) is 4.21. The molecule has 2 N–H and O–H groups in total. The number of hydrogen-bond acceptors (Lipinski definition) is 4. The summed E-state index contributed by atoms with van der Waals surface area (Å²) in [4.78, 5) is 17.8. The lowest BCUT2D eigenvalue weighted by Gasteiger charge is -2.13. The first-order valence-electron chi connectivity index (χ1n) is 10.1. The van der Waals surface area contributed by atoms with Crippen LogP contribution in [-0.2, 0) is 11.3 Å². The number of ether oxygens (including phenoxy) is 2. The van der Waals surface area contributed by atoms with Crippen molar-refractivity contribution in [2.24, 2.45) is 4.99 Å². The van der Waals surface area contributed by atoms with E-state index in [-0.39, 0.29) is 36.5 Å². The third kappa shape index (κ3) is 10.4. The Morgan fingerprint density at radius 1 is 1.03 bits per heavy atom. The number of benzene rings is 2. The van der Waals surface area contributed by atoms with E-state index in [4.69, 9.17) is 9.47 Å². The minimum Gasteiger partial charge on any atom is -0.492 e. The zero-order valence-corrected chi connectivity index (χ0v) is 21.0. The second kappa shape index (κ2) is 14.5. The number of nitrogens with zero attached hydrogens (tertiary/aromatic N) is 2. The van der Waals surface area contributed by atoms with Gasteiger partial charge in [-0.05, 0) is 43.7 Å². The molecule has 0 aliphatic carbocycles. The molecule has 0 aromatic heterocycles. The maximum absolute atomic E-state index is 11.7. The Balaban J connectivity index is 0.00000480. The average molecular weight is 540 g/mol. The Labute approximate surface area is 202 Å². The highest BCUT2D eigenvalue weighted by molar-refractivity contribution is 14.0. The van der Waals surface area contributed by atoms with E-state index in [1.54, 1.807) is 14.1 Å². The fraction of sp³-hybridized carbons (Fsp3) is 0.391. The van der Waals surface area contributed by atoms with Crippen LogP contribution in [0.25, 0.3) is 0 Å². The molecule has 8 heteroatoms. The summed E-state index contributed by atoms with van der Waals surface area (Å²) in [5.41, 5.74) is 2.21. The van der Waals surface area contributed by atoms with Crippen molar-refractivity contribution in [1.29, 1.82) is 0 Å². The van der Waals surface area contributed by atoms with E-state index >= 15 is 0 Å². The Bertz CT molecular complexity index is 826. The lowest BCUT2D eigenvalue weighted by Crippen LogP contribution is -2.39. The molecule has 1 amide bonds. The summed E-state index contributed by atoms with van der Waals surface area (Å²) in [6.45, 7) is 6.52. The van der Waals surface area contributed by atoms with Crippen LogP contribution < -0.4 is 20.1 Å². The number of amides is 1. The van der Waals surface area contributed by atoms with Crippen LogP contribution in [-0.4, -0.2) is 57.2 Å². The summed E-state index contributed by atoms with van der Waals surface area (Å²) in [6, 6.07) is 15.6. The van der Waals surface area contributed by atoms with Crippen LogP contribution in [0.5, 0.6) is 11.5 Å². The molecule has 0 radical (unpaired) electrons. The van der Waals surface area contributed by atoms with Gasteiger partial charge in [0, 0.05) is 20.6 Å². The highest BCUT2D eigenvalue weighted by Gasteiger charge is 2.05. The van der Waals surface area contributed by atoms with Crippen molar-refractivity contribution in [2.45, 2.75) is 20.4 Å². The van der Waals surface area contributed by atoms with Gasteiger partial charge in [-0.25, -0.2) is 4.99 Å². The first-order chi connectivity index (χ1) is 14.5. The minimum absolute atomic E-state index is 0. The standard InChI is InChI=1S/C23H32N4O3.HI/c1-5-24-23(25-13-14-29-20-11-9-18(2)10-12-20)26-16-19-7-6-8-21(15-19)30-17-22(28)27(3)4;/h6-12,15H,5,13-14,16-17H2,1-4H3,(H2,24,25,26);1H. The molecular weight excluding hydrogens is 507 g/mol. The summed E-state index contributed by atoms with van der Waals surface area (Å²) in [5.74, 6) is 2.15. The number of aryl methyl sites for hydroxylation is 1. The van der Waals surface area contributed by atoms with Crippen molar-refractivity contribution in [3.8, 4) is 11.5 Å². The van der Waals surface area contributed by atoms with Gasteiger partial charge in [-0.1, -0.05) is 29.8 Å². The van der Waals surface area contributed by atoms with Gasteiger partial charge in [0.2, 0.25) is 0 Å². The lowest BCUT2D eigenvalue weighted by atomic mass is 10.2. The predicted octanol–water partition coefficient (Wildman–Crippen LogP) is 3.21. The summed E-state index contributed by atoms with van der Waals surface area (Å²) in [6.07, 6.45) is 0. The minimum atomic E-state index is -0.0788. The topological polar surface area (TPSA) is 75.2 Å². The third-order valence-electron chi connectivity index (χ3n) is 4.21. The van der Waals surface area contributed by atoms with E-state index in [0.717, 1.165) is 23.8 Å². The van der Waals surface area contributed by atoms with E-state index in [2.05, 4.69) is 22.5 Å². The van der Waals surface area contributed by atoms with Gasteiger partial charge in [0.1, 0.15) is 18.1 Å². The molecule has 2 rings (SSSR count). The number of likely N-dealkylation sites (N-methyl/N-ethyl adjacent to an activating group) is 1. The summed E-state index contributed by atoms with van der Waals surface area (Å²) < 4.78 is 11.3. The van der Waals surface area contributed by atoms with Gasteiger partial charge in [0.25, 0.3) is 5.91 Å². The van der Waals surface area contributed by atoms with E-state index in [0.29, 0.717) is 25.4 Å². The van der Waals surface area contributed by atoms with Crippen molar-refractivity contribution in [3.05, 3.63) is 59.7 Å². The first-order valence-corrected chi connectivity index (χ1v) is 10.1. The van der Waals surface area contributed by atoms with Gasteiger partial charge in [-0.3, -0.25) is 4.79 Å². The first kappa shape index (κ1) is 26.5. The molecule has 0 heterocycles. The lowest BCUT2D eigenvalue weighted by molar-refractivity contribution is -0.130. The maximum Gasteiger partial charge on any atom is 0.259 e. The molecule has 0 atom stereocenters. The Hall–Kier alpha value is -2.49. The molecule has 7 nitrogen and oxygen atoms in total. The quantitative estimate of drug-likeness (QED) is 0.210. The van der Waals surface area contributed by atoms with Crippen LogP contribution in [0.3, 0.4) is 0 Å². The number of hydrogen-bond donors (Lipinski definition) is 2. The van der Waals surface area contributed by atoms with Crippen LogP contribution in [0.2, 0.25) is 0 Å². The van der Waals surface area contributed by atoms with Crippen molar-refractivity contribution in [1.82, 2.24) is 15.5 Å². The highest BCUT2D eigenvalue weighted by atomic mass is 127. The molecule has 0 bridgehead atoms. The molecule has 0 fully saturated rings. The van der Waals surface area contributed by atoms with Crippen molar-refractivity contribution >= 4 is 35.8 Å². The number of halogens is 1. The second-order valence-corrected chi connectivity index (χ2v) is 7.01. The molecule has 170 valence electrons. The van der Waals surface area contributed by atoms with Crippen LogP contribution in [0.1, 0.15) is 18.1 Å². The van der Waals surface area contributed by atoms with Crippen molar-refractivity contribution in [3.63, 3.8) is 0 Å². The monoisotopic (exact) mass is 540 g/mol. The number of rotatable bonds is 10. The SMILES string of the molecule is CCNC(=NCc1cccc(OCC(=O)N(C)C)c1)NCCOc1ccc(C)cc1.I. The molecule has 0 saturated carbocycles. The molecule has 0 spiro atoms. The summed E-state index contributed by atoms with van der Waals surface area (Å²) in [7, 11) is 3.41. The van der Waals surface area contributed by atoms with E-state index < -0.39 is 0 Å². The number of guanidine groups is 1. The smallest absolute Gasteiger partial charge is 0.259 e. The van der Waals surface area contributed by atoms with Gasteiger partial charge in [0.05, 0.1) is 13.1 Å². The zero-order chi connectivity index (χ0) is 21.8. The molecule has 0 saturated heterocycles. The maximum atomic E-state index is 11.7. The number of carbonyl (C=O) groups is 1. The number of carbonyl (C=O) groups excluding carboxylic acids is 1. The van der Waals surface area contributed by atoms with Crippen LogP contribution in [0.15, 0.2) is 53.5 Å². The predicted molar refractivity (Wildman–Crippen MR) is 136 cm³/mol. The summed E-state index contributed by atoms with van der Waals surface area (Å²) in [5, 5.41) is 6.50. The molecule has 2 aromatic carbocycles. The Kier molecular flexibility index (Phi) is 12.4. The summed E-state index contributed by atoms with van der Waals surface area (Å²) >= 11 is 0. The highest BCUT2D eigenvalue weighted by Crippen LogP contribution is 2.14. The van der Waals surface area contributed by atoms with Crippen LogP contribution in [0, 0.1) is 6.92 Å². The van der Waals surface area contributed by atoms with Gasteiger partial charge in [-0.2, -0.15) is 0 Å². The fourth-order valence-electron chi connectivity index (χ4n) is 2.49. The van der Waals surface area contributed by atoms with Gasteiger partial charge in [-0.15, -0.1) is 24.0 Å². The van der Waals surface area contributed by atoms with E-state index in [1.807, 2.05) is 55.5 Å².